The van der Waals surface area contributed by atoms with E-state index in [1.54, 1.807) is 13.3 Å². The number of nitrogens with zero attached hydrogens (tertiary/aromatic N) is 2. The van der Waals surface area contributed by atoms with E-state index in [1.807, 2.05) is 36.4 Å². The Balaban J connectivity index is 1.17. The van der Waals surface area contributed by atoms with Crippen molar-refractivity contribution < 1.29 is 19.0 Å². The van der Waals surface area contributed by atoms with E-state index in [9.17, 15) is 4.79 Å². The first-order chi connectivity index (χ1) is 16.2. The van der Waals surface area contributed by atoms with Crippen molar-refractivity contribution in [1.29, 1.82) is 0 Å². The number of rotatable bonds is 4. The number of ether oxygens (including phenoxy) is 3. The zero-order valence-electron chi connectivity index (χ0n) is 17.8. The summed E-state index contributed by atoms with van der Waals surface area (Å²) in [4.78, 5) is 24.2. The number of methoxy groups -OCH3 is 1. The zero-order valence-corrected chi connectivity index (χ0v) is 17.8. The molecule has 2 aromatic carbocycles. The van der Waals surface area contributed by atoms with Crippen molar-refractivity contribution in [1.82, 2.24) is 15.0 Å². The normalized spacial score (nSPS) is 22.1. The van der Waals surface area contributed by atoms with E-state index >= 15 is 0 Å². The van der Waals surface area contributed by atoms with Gasteiger partial charge in [-0.1, -0.05) is 0 Å². The van der Waals surface area contributed by atoms with Gasteiger partial charge in [0.25, 0.3) is 0 Å². The van der Waals surface area contributed by atoms with Crippen LogP contribution in [-0.2, 0) is 11.2 Å². The molecule has 8 nitrogen and oxygen atoms in total. The van der Waals surface area contributed by atoms with Crippen molar-refractivity contribution in [3.05, 3.63) is 65.6 Å². The highest BCUT2D eigenvalue weighted by molar-refractivity contribution is 5.93. The predicted octanol–water partition coefficient (Wildman–Crippen LogP) is 4.29. The second kappa shape index (κ2) is 6.71. The molecular formula is C25H20N4O4. The van der Waals surface area contributed by atoms with Crippen LogP contribution in [0.4, 0.5) is 5.82 Å². The Morgan fingerprint density at radius 3 is 2.88 bits per heavy atom. The predicted molar refractivity (Wildman–Crippen MR) is 120 cm³/mol. The number of fused-ring (bicyclic) bond motifs is 5. The molecule has 2 N–H and O–H groups in total. The number of aromatic amines is 1. The maximum Gasteiger partial charge on any atom is 0.225 e. The van der Waals surface area contributed by atoms with Crippen LogP contribution in [-0.4, -0.2) is 34.1 Å². The van der Waals surface area contributed by atoms with Gasteiger partial charge in [0.05, 0.1) is 24.1 Å². The van der Waals surface area contributed by atoms with Crippen molar-refractivity contribution in [3.8, 4) is 23.0 Å². The number of anilines is 1. The lowest BCUT2D eigenvalue weighted by Gasteiger charge is -2.19. The van der Waals surface area contributed by atoms with Gasteiger partial charge in [-0.2, -0.15) is 0 Å². The molecule has 7 rings (SSSR count). The van der Waals surface area contributed by atoms with E-state index in [2.05, 4.69) is 21.4 Å². The van der Waals surface area contributed by atoms with Gasteiger partial charge < -0.3 is 24.5 Å². The summed E-state index contributed by atoms with van der Waals surface area (Å²) in [6, 6.07) is 13.6. The number of benzene rings is 2. The molecule has 1 fully saturated rings. The summed E-state index contributed by atoms with van der Waals surface area (Å²) in [6.45, 7) is 0. The van der Waals surface area contributed by atoms with Gasteiger partial charge in [-0.15, -0.1) is 0 Å². The molecule has 0 radical (unpaired) electrons. The third-order valence-corrected chi connectivity index (χ3v) is 6.68. The molecule has 4 aromatic rings. The van der Waals surface area contributed by atoms with Gasteiger partial charge in [0.1, 0.15) is 40.7 Å². The number of pyridine rings is 1. The lowest BCUT2D eigenvalue weighted by atomic mass is 10.1. The summed E-state index contributed by atoms with van der Waals surface area (Å²) in [5, 5.41) is 2.82. The number of hydrogen-bond acceptors (Lipinski definition) is 6. The van der Waals surface area contributed by atoms with E-state index in [1.165, 1.54) is 0 Å². The number of amides is 1. The van der Waals surface area contributed by atoms with Crippen molar-refractivity contribution in [2.75, 3.05) is 12.4 Å². The molecular weight excluding hydrogens is 420 g/mol. The number of H-pyrrole nitrogens is 1. The van der Waals surface area contributed by atoms with E-state index in [-0.39, 0.29) is 23.8 Å². The zero-order chi connectivity index (χ0) is 22.1. The molecule has 1 amide bonds. The van der Waals surface area contributed by atoms with Gasteiger partial charge in [-0.05, 0) is 42.8 Å². The van der Waals surface area contributed by atoms with Gasteiger partial charge in [0, 0.05) is 35.7 Å². The highest BCUT2D eigenvalue weighted by Crippen LogP contribution is 2.63. The molecule has 3 aliphatic rings. The number of nitrogens with one attached hydrogen (secondary N) is 2. The number of carbonyl (C=O) groups excluding carboxylic acids is 1. The number of imidazole rings is 1. The summed E-state index contributed by atoms with van der Waals surface area (Å²) < 4.78 is 17.8. The van der Waals surface area contributed by atoms with Crippen molar-refractivity contribution in [2.24, 2.45) is 0 Å². The fraction of sp³-hybridized carbons (Fsp3) is 0.240. The van der Waals surface area contributed by atoms with Crippen LogP contribution in [0.5, 0.6) is 23.0 Å². The Morgan fingerprint density at radius 2 is 1.97 bits per heavy atom. The molecule has 1 saturated carbocycles. The van der Waals surface area contributed by atoms with Gasteiger partial charge >= 0.3 is 0 Å². The number of carbonyl (C=O) groups is 1. The van der Waals surface area contributed by atoms with Gasteiger partial charge in [-0.25, -0.2) is 9.97 Å². The van der Waals surface area contributed by atoms with E-state index < -0.39 is 0 Å². The summed E-state index contributed by atoms with van der Waals surface area (Å²) >= 11 is 0. The summed E-state index contributed by atoms with van der Waals surface area (Å²) in [6.07, 6.45) is 2.78. The molecule has 4 heterocycles. The topological polar surface area (TPSA) is 98.4 Å². The largest absolute Gasteiger partial charge is 0.497 e. The highest BCUT2D eigenvalue weighted by Gasteiger charge is 2.61. The van der Waals surface area contributed by atoms with Crippen LogP contribution >= 0.6 is 0 Å². The molecule has 0 spiro atoms. The van der Waals surface area contributed by atoms with E-state index in [0.29, 0.717) is 24.4 Å². The van der Waals surface area contributed by atoms with Crippen LogP contribution in [0.25, 0.3) is 11.0 Å². The smallest absolute Gasteiger partial charge is 0.225 e. The van der Waals surface area contributed by atoms with Crippen LogP contribution in [0.2, 0.25) is 0 Å². The molecule has 0 saturated heterocycles. The van der Waals surface area contributed by atoms with Crippen molar-refractivity contribution in [3.63, 3.8) is 0 Å². The maximum atomic E-state index is 11.7. The lowest BCUT2D eigenvalue weighted by molar-refractivity contribution is -0.116. The Morgan fingerprint density at radius 1 is 1.06 bits per heavy atom. The fourth-order valence-corrected chi connectivity index (χ4v) is 5.00. The summed E-state index contributed by atoms with van der Waals surface area (Å²) in [5.74, 6) is 5.09. The molecule has 2 aliphatic heterocycles. The third kappa shape index (κ3) is 2.87. The molecule has 1 aliphatic carbocycles. The van der Waals surface area contributed by atoms with Crippen LogP contribution in [0.15, 0.2) is 48.7 Å². The quantitative estimate of drug-likeness (QED) is 0.491. The van der Waals surface area contributed by atoms with Crippen molar-refractivity contribution >= 4 is 22.8 Å². The Bertz CT molecular complexity index is 1450. The first-order valence-corrected chi connectivity index (χ1v) is 11.0. The van der Waals surface area contributed by atoms with E-state index in [4.69, 9.17) is 19.2 Å². The average molecular weight is 440 g/mol. The minimum Gasteiger partial charge on any atom is -0.497 e. The lowest BCUT2D eigenvalue weighted by Crippen LogP contribution is -2.20. The van der Waals surface area contributed by atoms with Gasteiger partial charge in [-0.3, -0.25) is 4.79 Å². The Kier molecular flexibility index (Phi) is 3.76. The highest BCUT2D eigenvalue weighted by atomic mass is 16.5. The minimum absolute atomic E-state index is 0.0170. The minimum atomic E-state index is -0.0170. The first-order valence-electron chi connectivity index (χ1n) is 11.0. The fourth-order valence-electron chi connectivity index (χ4n) is 5.00. The molecule has 8 heteroatoms. The van der Waals surface area contributed by atoms with Gasteiger partial charge in [0.15, 0.2) is 0 Å². The maximum absolute atomic E-state index is 11.7. The number of aromatic nitrogens is 3. The molecule has 0 bridgehead atoms. The van der Waals surface area contributed by atoms with E-state index in [0.717, 1.165) is 45.2 Å². The van der Waals surface area contributed by atoms with Crippen LogP contribution < -0.4 is 19.5 Å². The third-order valence-electron chi connectivity index (χ3n) is 6.68. The second-order valence-electron chi connectivity index (χ2n) is 8.63. The van der Waals surface area contributed by atoms with Crippen LogP contribution in [0, 0.1) is 0 Å². The average Bonchev–Trinajstić information content (AvgIpc) is 3.18. The number of hydrogen-bond donors (Lipinski definition) is 2. The Labute approximate surface area is 188 Å². The van der Waals surface area contributed by atoms with Crippen LogP contribution in [0.3, 0.4) is 0 Å². The summed E-state index contributed by atoms with van der Waals surface area (Å²) in [7, 11) is 1.66. The summed E-state index contributed by atoms with van der Waals surface area (Å²) in [5.41, 5.74) is 3.94. The molecule has 33 heavy (non-hydrogen) atoms. The SMILES string of the molecule is COc1ccc2nc(C3C4Oc5ccc(Oc6ccnc7c6CCC(=O)N7)cc5C43)[nH]c2c1. The first kappa shape index (κ1) is 18.5. The monoisotopic (exact) mass is 440 g/mol. The van der Waals surface area contributed by atoms with Gasteiger partial charge in [0.2, 0.25) is 5.91 Å². The standard InChI is InChI=1S/C25H20N4O4/c1-31-12-2-5-16-17(11-12)28-25(27-16)22-21-15-10-13(3-6-18(15)33-23(21)22)32-19-8-9-26-24-14(19)4-7-20(30)29-24/h2-3,5-6,8-11,21-23H,4,7H2,1H3,(H,27,28)(H,26,29,30). The molecule has 2 aromatic heterocycles. The molecule has 3 unspecified atom stereocenters. The van der Waals surface area contributed by atoms with Crippen LogP contribution in [0.1, 0.15) is 35.2 Å². The second-order valence-corrected chi connectivity index (χ2v) is 8.63. The molecule has 3 atom stereocenters. The molecule has 164 valence electrons. The Hall–Kier alpha value is -4.07. The van der Waals surface area contributed by atoms with Crippen molar-refractivity contribution in [2.45, 2.75) is 30.8 Å².